The van der Waals surface area contributed by atoms with Crippen LogP contribution in [0.3, 0.4) is 0 Å². The summed E-state index contributed by atoms with van der Waals surface area (Å²) >= 11 is 0. The zero-order valence-electron chi connectivity index (χ0n) is 6.53. The van der Waals surface area contributed by atoms with E-state index in [9.17, 15) is 0 Å². The highest BCUT2D eigenvalue weighted by Gasteiger charge is 2.16. The summed E-state index contributed by atoms with van der Waals surface area (Å²) in [4.78, 5) is 0. The maximum atomic E-state index is 3.26. The molecule has 1 N–H and O–H groups in total. The van der Waals surface area contributed by atoms with E-state index in [1.807, 2.05) is 0 Å². The number of nitrogens with one attached hydrogen (secondary N) is 1. The van der Waals surface area contributed by atoms with Crippen LogP contribution in [-0.2, 0) is 0 Å². The zero-order chi connectivity index (χ0) is 7.52. The van der Waals surface area contributed by atoms with Crippen molar-refractivity contribution in [3.05, 3.63) is 36.6 Å². The van der Waals surface area contributed by atoms with Gasteiger partial charge in [0.25, 0.3) is 0 Å². The third kappa shape index (κ3) is 1.37. The first-order valence-corrected chi connectivity index (χ1v) is 4.22. The molecule has 1 aliphatic heterocycles. The molecule has 0 saturated heterocycles. The van der Waals surface area contributed by atoms with Crippen molar-refractivity contribution in [2.45, 2.75) is 6.42 Å². The van der Waals surface area contributed by atoms with Crippen molar-refractivity contribution in [3.63, 3.8) is 0 Å². The molecule has 1 heteroatoms. The van der Waals surface area contributed by atoms with Crippen molar-refractivity contribution >= 4 is 0 Å². The highest BCUT2D eigenvalue weighted by atomic mass is 14.8. The van der Waals surface area contributed by atoms with Crippen LogP contribution in [0.25, 0.3) is 0 Å². The van der Waals surface area contributed by atoms with Crippen molar-refractivity contribution in [1.82, 2.24) is 5.32 Å². The van der Waals surface area contributed by atoms with E-state index in [0.29, 0.717) is 5.92 Å². The van der Waals surface area contributed by atoms with E-state index in [4.69, 9.17) is 0 Å². The fourth-order valence-corrected chi connectivity index (χ4v) is 1.68. The predicted octanol–water partition coefficient (Wildman–Crippen LogP) is 1.85. The summed E-state index contributed by atoms with van der Waals surface area (Å²) in [6, 6.07) is 0. The van der Waals surface area contributed by atoms with Crippen LogP contribution in [0.1, 0.15) is 6.42 Å². The molecule has 58 valence electrons. The second-order valence-corrected chi connectivity index (χ2v) is 3.11. The number of fused-ring (bicyclic) bond motifs is 1. The summed E-state index contributed by atoms with van der Waals surface area (Å²) < 4.78 is 0. The summed E-state index contributed by atoms with van der Waals surface area (Å²) in [5.41, 5.74) is 0. The SMILES string of the molecule is C1=CC2C=CNCCC2C=C1. The number of allylic oxidation sites excluding steroid dienone is 5. The first-order chi connectivity index (χ1) is 5.47. The summed E-state index contributed by atoms with van der Waals surface area (Å²) in [5, 5.41) is 3.26. The average Bonchev–Trinajstić information content (AvgIpc) is 2.28. The molecule has 0 aromatic heterocycles. The van der Waals surface area contributed by atoms with Gasteiger partial charge in [-0.2, -0.15) is 0 Å². The van der Waals surface area contributed by atoms with Gasteiger partial charge in [-0.1, -0.05) is 30.4 Å². The Morgan fingerprint density at radius 3 is 3.00 bits per heavy atom. The van der Waals surface area contributed by atoms with Gasteiger partial charge in [-0.3, -0.25) is 0 Å². The van der Waals surface area contributed by atoms with E-state index < -0.39 is 0 Å². The molecule has 2 rings (SSSR count). The monoisotopic (exact) mass is 147 g/mol. The van der Waals surface area contributed by atoms with Crippen LogP contribution in [0.2, 0.25) is 0 Å². The molecule has 0 aromatic carbocycles. The average molecular weight is 147 g/mol. The third-order valence-corrected chi connectivity index (χ3v) is 2.36. The molecule has 0 fully saturated rings. The van der Waals surface area contributed by atoms with Crippen LogP contribution >= 0.6 is 0 Å². The molecule has 2 aliphatic rings. The lowest BCUT2D eigenvalue weighted by atomic mass is 9.87. The van der Waals surface area contributed by atoms with Crippen molar-refractivity contribution in [2.75, 3.05) is 6.54 Å². The van der Waals surface area contributed by atoms with Crippen molar-refractivity contribution in [3.8, 4) is 0 Å². The summed E-state index contributed by atoms with van der Waals surface area (Å²) in [6.45, 7) is 1.11. The summed E-state index contributed by atoms with van der Waals surface area (Å²) in [5.74, 6) is 1.36. The molecule has 0 bridgehead atoms. The Labute approximate surface area is 67.5 Å². The highest BCUT2D eigenvalue weighted by molar-refractivity contribution is 5.19. The van der Waals surface area contributed by atoms with Crippen molar-refractivity contribution < 1.29 is 0 Å². The minimum atomic E-state index is 0.634. The first-order valence-electron chi connectivity index (χ1n) is 4.22. The Morgan fingerprint density at radius 2 is 2.00 bits per heavy atom. The van der Waals surface area contributed by atoms with Gasteiger partial charge in [0, 0.05) is 12.5 Å². The minimum absolute atomic E-state index is 0.634. The fraction of sp³-hybridized carbons (Fsp3) is 0.400. The smallest absolute Gasteiger partial charge is 0.0147 e. The van der Waals surface area contributed by atoms with E-state index in [2.05, 4.69) is 41.9 Å². The molecule has 1 nitrogen and oxygen atoms in total. The Morgan fingerprint density at radius 1 is 1.09 bits per heavy atom. The number of hydrogen-bond donors (Lipinski definition) is 1. The molecule has 0 aromatic rings. The van der Waals surface area contributed by atoms with Crippen molar-refractivity contribution in [2.24, 2.45) is 11.8 Å². The van der Waals surface area contributed by atoms with Crippen LogP contribution in [0.4, 0.5) is 0 Å². The van der Waals surface area contributed by atoms with Gasteiger partial charge in [-0.15, -0.1) is 0 Å². The Hall–Kier alpha value is -0.980. The molecular formula is C10H13N. The molecule has 0 saturated carbocycles. The van der Waals surface area contributed by atoms with Crippen LogP contribution < -0.4 is 5.32 Å². The molecule has 1 aliphatic carbocycles. The van der Waals surface area contributed by atoms with Gasteiger partial charge >= 0.3 is 0 Å². The van der Waals surface area contributed by atoms with Gasteiger partial charge in [0.2, 0.25) is 0 Å². The lowest BCUT2D eigenvalue weighted by molar-refractivity contribution is 0.518. The lowest BCUT2D eigenvalue weighted by Crippen LogP contribution is -2.12. The maximum absolute atomic E-state index is 3.26. The number of rotatable bonds is 0. The van der Waals surface area contributed by atoms with E-state index >= 15 is 0 Å². The molecule has 11 heavy (non-hydrogen) atoms. The van der Waals surface area contributed by atoms with Gasteiger partial charge in [0.1, 0.15) is 0 Å². The molecule has 0 radical (unpaired) electrons. The Kier molecular flexibility index (Phi) is 1.80. The van der Waals surface area contributed by atoms with Gasteiger partial charge in [0.15, 0.2) is 0 Å². The molecule has 1 heterocycles. The van der Waals surface area contributed by atoms with Gasteiger partial charge in [-0.25, -0.2) is 0 Å². The van der Waals surface area contributed by atoms with Crippen LogP contribution in [-0.4, -0.2) is 6.54 Å². The molecule has 0 amide bonds. The van der Waals surface area contributed by atoms with Gasteiger partial charge in [-0.05, 0) is 18.5 Å². The quantitative estimate of drug-likeness (QED) is 0.551. The van der Waals surface area contributed by atoms with Crippen LogP contribution in [0.15, 0.2) is 36.6 Å². The third-order valence-electron chi connectivity index (χ3n) is 2.36. The molecular weight excluding hydrogens is 134 g/mol. The van der Waals surface area contributed by atoms with Gasteiger partial charge in [0.05, 0.1) is 0 Å². The fourth-order valence-electron chi connectivity index (χ4n) is 1.68. The predicted molar refractivity (Wildman–Crippen MR) is 47.0 cm³/mol. The topological polar surface area (TPSA) is 12.0 Å². The van der Waals surface area contributed by atoms with E-state index in [-0.39, 0.29) is 0 Å². The van der Waals surface area contributed by atoms with Crippen LogP contribution in [0.5, 0.6) is 0 Å². The maximum Gasteiger partial charge on any atom is 0.0147 e. The highest BCUT2D eigenvalue weighted by Crippen LogP contribution is 2.24. The molecule has 0 spiro atoms. The summed E-state index contributed by atoms with van der Waals surface area (Å²) in [7, 11) is 0. The van der Waals surface area contributed by atoms with Crippen molar-refractivity contribution in [1.29, 1.82) is 0 Å². The normalized spacial score (nSPS) is 34.2. The largest absolute Gasteiger partial charge is 0.391 e. The summed E-state index contributed by atoms with van der Waals surface area (Å²) in [6.07, 6.45) is 14.4. The molecule has 2 atom stereocenters. The van der Waals surface area contributed by atoms with E-state index in [1.165, 1.54) is 6.42 Å². The second-order valence-electron chi connectivity index (χ2n) is 3.11. The minimum Gasteiger partial charge on any atom is -0.391 e. The van der Waals surface area contributed by atoms with E-state index in [0.717, 1.165) is 12.5 Å². The first kappa shape index (κ1) is 6.71. The Bertz CT molecular complexity index is 213. The lowest BCUT2D eigenvalue weighted by Gasteiger charge is -2.18. The zero-order valence-corrected chi connectivity index (χ0v) is 6.53. The standard InChI is InChI=1S/C10H13N/c1-2-4-10-6-8-11-7-5-9(10)3-1/h1-5,7,9-11H,6,8H2. The van der Waals surface area contributed by atoms with Gasteiger partial charge < -0.3 is 5.32 Å². The second kappa shape index (κ2) is 2.95. The van der Waals surface area contributed by atoms with Crippen LogP contribution in [0, 0.1) is 11.8 Å². The number of hydrogen-bond acceptors (Lipinski definition) is 1. The molecule has 2 unspecified atom stereocenters. The Balaban J connectivity index is 2.16. The van der Waals surface area contributed by atoms with E-state index in [1.54, 1.807) is 0 Å².